The van der Waals surface area contributed by atoms with Crippen LogP contribution in [0.25, 0.3) is 27.8 Å². The predicted molar refractivity (Wildman–Crippen MR) is 82.6 cm³/mol. The lowest BCUT2D eigenvalue weighted by Crippen LogP contribution is -2.13. The van der Waals surface area contributed by atoms with E-state index < -0.39 is 0 Å². The van der Waals surface area contributed by atoms with Gasteiger partial charge in [-0.3, -0.25) is 4.79 Å². The first-order chi connectivity index (χ1) is 10.1. The smallest absolute Gasteiger partial charge is 0.282 e. The van der Waals surface area contributed by atoms with Crippen molar-refractivity contribution in [2.45, 2.75) is 6.92 Å². The summed E-state index contributed by atoms with van der Waals surface area (Å²) in [5, 5.41) is 16.7. The minimum atomic E-state index is -0.163. The number of aromatic hydroxyl groups is 1. The van der Waals surface area contributed by atoms with E-state index in [0.29, 0.717) is 11.3 Å². The van der Waals surface area contributed by atoms with E-state index in [9.17, 15) is 9.90 Å². The van der Waals surface area contributed by atoms with Crippen LogP contribution in [0.15, 0.2) is 40.6 Å². The Hall–Kier alpha value is -2.60. The number of aromatic nitrogens is 3. The van der Waals surface area contributed by atoms with Gasteiger partial charge >= 0.3 is 0 Å². The quantitative estimate of drug-likeness (QED) is 0.567. The summed E-state index contributed by atoms with van der Waals surface area (Å²) in [6, 6.07) is 6.91. The summed E-state index contributed by atoms with van der Waals surface area (Å²) in [5.41, 5.74) is 2.54. The van der Waals surface area contributed by atoms with E-state index in [2.05, 4.69) is 10.1 Å². The minimum Gasteiger partial charge on any atom is -0.508 e. The van der Waals surface area contributed by atoms with Gasteiger partial charge in [-0.15, -0.1) is 11.3 Å². The van der Waals surface area contributed by atoms with Crippen LogP contribution >= 0.6 is 11.3 Å². The standard InChI is InChI=1S/C15H11N3O2S/c1-8-4-9(7-21-8)18-15(20)12-6-16-13-3-2-10(19)5-11(13)14(12)17-18/h2-7,16,19H,1H3. The molecule has 0 radical (unpaired) electrons. The van der Waals surface area contributed by atoms with Crippen LogP contribution in [0.3, 0.4) is 0 Å². The number of aryl methyl sites for hydroxylation is 1. The zero-order chi connectivity index (χ0) is 14.6. The monoisotopic (exact) mass is 297 g/mol. The molecule has 0 atom stereocenters. The second-order valence-corrected chi connectivity index (χ2v) is 6.03. The van der Waals surface area contributed by atoms with Crippen molar-refractivity contribution in [3.63, 3.8) is 0 Å². The first-order valence-corrected chi connectivity index (χ1v) is 7.30. The largest absolute Gasteiger partial charge is 0.508 e. The summed E-state index contributed by atoms with van der Waals surface area (Å²) >= 11 is 1.58. The molecule has 2 aliphatic heterocycles. The number of phenols is 1. The molecule has 0 saturated carbocycles. The molecular weight excluding hydrogens is 286 g/mol. The summed E-state index contributed by atoms with van der Waals surface area (Å²) < 4.78 is 1.41. The number of hydrogen-bond acceptors (Lipinski definition) is 4. The van der Waals surface area contributed by atoms with E-state index in [-0.39, 0.29) is 11.3 Å². The molecule has 0 aliphatic carbocycles. The number of phenolic OH excluding ortho intramolecular Hbond substituents is 1. The fourth-order valence-corrected chi connectivity index (χ4v) is 3.13. The molecule has 0 fully saturated rings. The van der Waals surface area contributed by atoms with Crippen LogP contribution in [0.1, 0.15) is 4.88 Å². The number of H-pyrrole nitrogens is 1. The van der Waals surface area contributed by atoms with E-state index >= 15 is 0 Å². The average Bonchev–Trinajstić information content (AvgIpc) is 3.03. The molecule has 0 amide bonds. The maximum Gasteiger partial charge on any atom is 0.282 e. The van der Waals surface area contributed by atoms with Gasteiger partial charge in [0.05, 0.1) is 11.3 Å². The third-order valence-electron chi connectivity index (χ3n) is 3.47. The van der Waals surface area contributed by atoms with Crippen molar-refractivity contribution >= 4 is 22.2 Å². The Bertz CT molecular complexity index is 996. The van der Waals surface area contributed by atoms with Crippen LogP contribution in [0.2, 0.25) is 0 Å². The highest BCUT2D eigenvalue weighted by molar-refractivity contribution is 7.10. The van der Waals surface area contributed by atoms with Crippen molar-refractivity contribution in [2.24, 2.45) is 0 Å². The Morgan fingerprint density at radius 1 is 1.33 bits per heavy atom. The lowest BCUT2D eigenvalue weighted by atomic mass is 10.1. The van der Waals surface area contributed by atoms with Gasteiger partial charge in [-0.05, 0) is 31.2 Å². The number of aromatic amines is 1. The summed E-state index contributed by atoms with van der Waals surface area (Å²) in [6.07, 6.45) is 1.67. The Balaban J connectivity index is 2.09. The van der Waals surface area contributed by atoms with Gasteiger partial charge in [0.25, 0.3) is 5.56 Å². The molecule has 6 heteroatoms. The van der Waals surface area contributed by atoms with Crippen molar-refractivity contribution in [3.05, 3.63) is 51.1 Å². The molecule has 3 heterocycles. The molecule has 2 aliphatic rings. The second kappa shape index (κ2) is 4.20. The van der Waals surface area contributed by atoms with E-state index in [0.717, 1.165) is 21.5 Å². The van der Waals surface area contributed by atoms with Crippen LogP contribution in [0.4, 0.5) is 0 Å². The molecule has 1 aromatic carbocycles. The third kappa shape index (κ3) is 1.76. The van der Waals surface area contributed by atoms with E-state index in [1.165, 1.54) is 4.68 Å². The highest BCUT2D eigenvalue weighted by Crippen LogP contribution is 2.29. The Kier molecular flexibility index (Phi) is 2.43. The maximum absolute atomic E-state index is 12.5. The molecule has 4 rings (SSSR count). The van der Waals surface area contributed by atoms with Gasteiger partial charge in [0.15, 0.2) is 0 Å². The van der Waals surface area contributed by atoms with Crippen LogP contribution < -0.4 is 5.56 Å². The summed E-state index contributed by atoms with van der Waals surface area (Å²) in [5.74, 6) is 0.150. The van der Waals surface area contributed by atoms with Crippen LogP contribution in [0.5, 0.6) is 5.75 Å². The summed E-state index contributed by atoms with van der Waals surface area (Å²) in [7, 11) is 0. The lowest BCUT2D eigenvalue weighted by molar-refractivity contribution is 0.476. The highest BCUT2D eigenvalue weighted by Gasteiger charge is 2.19. The van der Waals surface area contributed by atoms with E-state index in [1.54, 1.807) is 35.7 Å². The molecule has 104 valence electrons. The number of rotatable bonds is 1. The molecule has 1 aromatic heterocycles. The number of pyridine rings is 1. The summed E-state index contributed by atoms with van der Waals surface area (Å²) in [6.45, 7) is 1.99. The van der Waals surface area contributed by atoms with Gasteiger partial charge in [-0.2, -0.15) is 9.78 Å². The fraction of sp³-hybridized carbons (Fsp3) is 0.0667. The van der Waals surface area contributed by atoms with Gasteiger partial charge in [-0.25, -0.2) is 0 Å². The number of fused-ring (bicyclic) bond motifs is 3. The lowest BCUT2D eigenvalue weighted by Gasteiger charge is -2.02. The van der Waals surface area contributed by atoms with Crippen LogP contribution in [-0.2, 0) is 0 Å². The Labute approximate surface area is 123 Å². The first kappa shape index (κ1) is 12.2. The average molecular weight is 297 g/mol. The molecule has 2 aromatic rings. The molecule has 2 N–H and O–H groups in total. The first-order valence-electron chi connectivity index (χ1n) is 6.42. The second-order valence-electron chi connectivity index (χ2n) is 4.91. The molecule has 0 saturated heterocycles. The maximum atomic E-state index is 12.5. The number of hydrogen-bond donors (Lipinski definition) is 2. The topological polar surface area (TPSA) is 70.9 Å². The molecular formula is C15H11N3O2S. The number of nitrogens with one attached hydrogen (secondary N) is 1. The van der Waals surface area contributed by atoms with Gasteiger partial charge in [-0.1, -0.05) is 0 Å². The zero-order valence-electron chi connectivity index (χ0n) is 11.1. The normalized spacial score (nSPS) is 11.5. The number of benzene rings is 1. The van der Waals surface area contributed by atoms with Crippen LogP contribution in [0, 0.1) is 6.92 Å². The fourth-order valence-electron chi connectivity index (χ4n) is 2.46. The molecule has 21 heavy (non-hydrogen) atoms. The molecule has 0 unspecified atom stereocenters. The van der Waals surface area contributed by atoms with Crippen molar-refractivity contribution in [3.8, 4) is 22.7 Å². The van der Waals surface area contributed by atoms with Gasteiger partial charge in [0.1, 0.15) is 11.4 Å². The van der Waals surface area contributed by atoms with Gasteiger partial charge in [0.2, 0.25) is 0 Å². The van der Waals surface area contributed by atoms with Crippen LogP contribution in [-0.4, -0.2) is 19.9 Å². The van der Waals surface area contributed by atoms with Crippen molar-refractivity contribution in [1.82, 2.24) is 14.8 Å². The number of thiophene rings is 1. The molecule has 0 spiro atoms. The number of nitrogens with zero attached hydrogens (tertiary/aromatic N) is 2. The molecule has 0 bridgehead atoms. The van der Waals surface area contributed by atoms with E-state index in [4.69, 9.17) is 0 Å². The third-order valence-corrected chi connectivity index (χ3v) is 4.32. The van der Waals surface area contributed by atoms with Crippen molar-refractivity contribution in [1.29, 1.82) is 0 Å². The van der Waals surface area contributed by atoms with Gasteiger partial charge < -0.3 is 10.1 Å². The minimum absolute atomic E-state index is 0.150. The van der Waals surface area contributed by atoms with Gasteiger partial charge in [0, 0.05) is 27.4 Å². The predicted octanol–water partition coefficient (Wildman–Crippen LogP) is 2.89. The zero-order valence-corrected chi connectivity index (χ0v) is 11.9. The Morgan fingerprint density at radius 3 is 2.95 bits per heavy atom. The van der Waals surface area contributed by atoms with Crippen molar-refractivity contribution in [2.75, 3.05) is 0 Å². The Morgan fingerprint density at radius 2 is 2.19 bits per heavy atom. The highest BCUT2D eigenvalue weighted by atomic mass is 32.1. The molecule has 5 nitrogen and oxygen atoms in total. The SMILES string of the molecule is Cc1cc(-n2nc3c4cc(O)ccc4[nH]cc-3c2=O)cs1. The van der Waals surface area contributed by atoms with Crippen molar-refractivity contribution < 1.29 is 5.11 Å². The summed E-state index contributed by atoms with van der Waals surface area (Å²) in [4.78, 5) is 16.7. The van der Waals surface area contributed by atoms with E-state index in [1.807, 2.05) is 18.4 Å².